The molecule has 7 heteroatoms. The summed E-state index contributed by atoms with van der Waals surface area (Å²) < 4.78 is 27.0. The lowest BCUT2D eigenvalue weighted by Gasteiger charge is -2.30. The molecule has 0 aliphatic carbocycles. The number of sulfonamides is 1. The fourth-order valence-electron chi connectivity index (χ4n) is 1.99. The highest BCUT2D eigenvalue weighted by atomic mass is 79.9. The largest absolute Gasteiger partial charge is 0.262 e. The Morgan fingerprint density at radius 3 is 2.56 bits per heavy atom. The third kappa shape index (κ3) is 3.12. The van der Waals surface area contributed by atoms with Crippen LogP contribution in [-0.4, -0.2) is 36.1 Å². The molecule has 100 valence electrons. The molecule has 1 fully saturated rings. The van der Waals surface area contributed by atoms with E-state index in [1.165, 1.54) is 6.20 Å². The minimum atomic E-state index is -3.39. The molecular formula is C11H14Br2N2O2S. The van der Waals surface area contributed by atoms with Crippen molar-refractivity contribution in [1.29, 1.82) is 0 Å². The van der Waals surface area contributed by atoms with Gasteiger partial charge < -0.3 is 0 Å². The van der Waals surface area contributed by atoms with Gasteiger partial charge in [0.25, 0.3) is 0 Å². The fraction of sp³-hybridized carbons (Fsp3) is 0.545. The molecule has 2 rings (SSSR count). The summed E-state index contributed by atoms with van der Waals surface area (Å²) in [5.74, 6) is 0.581. The normalized spacial score (nSPS) is 19.0. The van der Waals surface area contributed by atoms with Crippen molar-refractivity contribution in [3.63, 3.8) is 0 Å². The van der Waals surface area contributed by atoms with E-state index in [4.69, 9.17) is 0 Å². The van der Waals surface area contributed by atoms with Crippen molar-refractivity contribution in [1.82, 2.24) is 9.29 Å². The van der Waals surface area contributed by atoms with Gasteiger partial charge in [-0.15, -0.1) is 0 Å². The third-order valence-corrected chi connectivity index (χ3v) is 6.32. The number of hydrogen-bond donors (Lipinski definition) is 0. The summed E-state index contributed by atoms with van der Waals surface area (Å²) in [6.45, 7) is 1.18. The maximum absolute atomic E-state index is 12.4. The Kier molecular flexibility index (Phi) is 4.80. The molecule has 0 saturated carbocycles. The van der Waals surface area contributed by atoms with E-state index in [0.29, 0.717) is 23.5 Å². The van der Waals surface area contributed by atoms with Crippen LogP contribution in [0.1, 0.15) is 12.8 Å². The molecule has 1 aliphatic rings. The lowest BCUT2D eigenvalue weighted by Crippen LogP contribution is -2.38. The monoisotopic (exact) mass is 396 g/mol. The van der Waals surface area contributed by atoms with Crippen LogP contribution in [0, 0.1) is 5.92 Å². The molecule has 0 amide bonds. The van der Waals surface area contributed by atoms with E-state index in [2.05, 4.69) is 36.8 Å². The lowest BCUT2D eigenvalue weighted by atomic mass is 10.0. The maximum Gasteiger partial charge on any atom is 0.244 e. The first-order valence-electron chi connectivity index (χ1n) is 5.70. The second kappa shape index (κ2) is 5.98. The molecule has 0 aromatic carbocycles. The Bertz CT molecular complexity index is 514. The molecule has 1 aromatic heterocycles. The van der Waals surface area contributed by atoms with E-state index in [1.807, 2.05) is 0 Å². The van der Waals surface area contributed by atoms with Crippen LogP contribution in [0.15, 0.2) is 27.8 Å². The van der Waals surface area contributed by atoms with Gasteiger partial charge in [0.05, 0.1) is 0 Å². The Hall–Kier alpha value is 0.0200. The minimum Gasteiger partial charge on any atom is -0.262 e. The van der Waals surface area contributed by atoms with Gasteiger partial charge in [-0.05, 0) is 40.8 Å². The van der Waals surface area contributed by atoms with Gasteiger partial charge in [0.1, 0.15) is 4.90 Å². The molecule has 0 N–H and O–H groups in total. The van der Waals surface area contributed by atoms with Crippen LogP contribution in [0.5, 0.6) is 0 Å². The SMILES string of the molecule is O=S(=O)(c1cncc(Br)c1)N1CCC(CBr)CC1. The number of pyridine rings is 1. The topological polar surface area (TPSA) is 50.3 Å². The zero-order chi connectivity index (χ0) is 13.2. The van der Waals surface area contributed by atoms with Crippen LogP contribution >= 0.6 is 31.9 Å². The first kappa shape index (κ1) is 14.4. The molecule has 4 nitrogen and oxygen atoms in total. The quantitative estimate of drug-likeness (QED) is 0.736. The van der Waals surface area contributed by atoms with Gasteiger partial charge in [-0.25, -0.2) is 8.42 Å². The van der Waals surface area contributed by atoms with Crippen molar-refractivity contribution in [3.05, 3.63) is 22.9 Å². The average molecular weight is 398 g/mol. The number of piperidine rings is 1. The smallest absolute Gasteiger partial charge is 0.244 e. The summed E-state index contributed by atoms with van der Waals surface area (Å²) in [7, 11) is -3.39. The van der Waals surface area contributed by atoms with Crippen LogP contribution in [0.3, 0.4) is 0 Å². The number of aromatic nitrogens is 1. The molecular weight excluding hydrogens is 384 g/mol. The molecule has 18 heavy (non-hydrogen) atoms. The van der Waals surface area contributed by atoms with Crippen molar-refractivity contribution in [2.24, 2.45) is 5.92 Å². The van der Waals surface area contributed by atoms with Crippen molar-refractivity contribution in [3.8, 4) is 0 Å². The van der Waals surface area contributed by atoms with E-state index in [1.54, 1.807) is 16.6 Å². The summed E-state index contributed by atoms with van der Waals surface area (Å²) in [5, 5.41) is 0.944. The Morgan fingerprint density at radius 1 is 1.33 bits per heavy atom. The standard InChI is InChI=1S/C11H14Br2N2O2S/c12-6-9-1-3-15(4-2-9)18(16,17)11-5-10(13)7-14-8-11/h5,7-9H,1-4,6H2. The van der Waals surface area contributed by atoms with Crippen molar-refractivity contribution in [2.75, 3.05) is 18.4 Å². The van der Waals surface area contributed by atoms with E-state index < -0.39 is 10.0 Å². The Balaban J connectivity index is 2.17. The van der Waals surface area contributed by atoms with Gasteiger partial charge in [-0.2, -0.15) is 4.31 Å². The van der Waals surface area contributed by atoms with Crippen LogP contribution < -0.4 is 0 Å². The van der Waals surface area contributed by atoms with Crippen LogP contribution in [-0.2, 0) is 10.0 Å². The predicted molar refractivity (Wildman–Crippen MR) is 77.2 cm³/mol. The highest BCUT2D eigenvalue weighted by molar-refractivity contribution is 9.10. The van der Waals surface area contributed by atoms with Gasteiger partial charge in [-0.1, -0.05) is 15.9 Å². The fourth-order valence-corrected chi connectivity index (χ4v) is 4.61. The summed E-state index contributed by atoms with van der Waals surface area (Å²) in [6.07, 6.45) is 4.80. The molecule has 0 atom stereocenters. The van der Waals surface area contributed by atoms with Gasteiger partial charge in [0, 0.05) is 35.3 Å². The van der Waals surface area contributed by atoms with Crippen molar-refractivity contribution >= 4 is 41.9 Å². The highest BCUT2D eigenvalue weighted by Crippen LogP contribution is 2.25. The number of alkyl halides is 1. The number of hydrogen-bond acceptors (Lipinski definition) is 3. The number of halogens is 2. The number of nitrogens with zero attached hydrogens (tertiary/aromatic N) is 2. The average Bonchev–Trinajstić information content (AvgIpc) is 2.39. The minimum absolute atomic E-state index is 0.258. The summed E-state index contributed by atoms with van der Waals surface area (Å²) >= 11 is 6.70. The molecule has 2 heterocycles. The highest BCUT2D eigenvalue weighted by Gasteiger charge is 2.29. The van der Waals surface area contributed by atoms with Crippen molar-refractivity contribution < 1.29 is 8.42 Å². The molecule has 0 bridgehead atoms. The van der Waals surface area contributed by atoms with Crippen molar-refractivity contribution in [2.45, 2.75) is 17.7 Å². The van der Waals surface area contributed by atoms with Crippen LogP contribution in [0.2, 0.25) is 0 Å². The Morgan fingerprint density at radius 2 is 2.00 bits per heavy atom. The summed E-state index contributed by atoms with van der Waals surface area (Å²) in [5.41, 5.74) is 0. The number of rotatable bonds is 3. The molecule has 1 aliphatic heterocycles. The first-order valence-corrected chi connectivity index (χ1v) is 9.06. The van der Waals surface area contributed by atoms with E-state index >= 15 is 0 Å². The Labute approximate surface area is 124 Å². The van der Waals surface area contributed by atoms with Gasteiger partial charge in [-0.3, -0.25) is 4.98 Å². The van der Waals surface area contributed by atoms with Crippen LogP contribution in [0.25, 0.3) is 0 Å². The van der Waals surface area contributed by atoms with E-state index in [9.17, 15) is 8.42 Å². The van der Waals surface area contributed by atoms with Crippen LogP contribution in [0.4, 0.5) is 0 Å². The zero-order valence-corrected chi connectivity index (χ0v) is 13.7. The summed E-state index contributed by atoms with van der Waals surface area (Å²) in [4.78, 5) is 4.17. The van der Waals surface area contributed by atoms with Gasteiger partial charge >= 0.3 is 0 Å². The molecule has 0 unspecified atom stereocenters. The predicted octanol–water partition coefficient (Wildman–Crippen LogP) is 2.64. The maximum atomic E-state index is 12.4. The zero-order valence-electron chi connectivity index (χ0n) is 9.72. The third-order valence-electron chi connectivity index (χ3n) is 3.11. The molecule has 1 saturated heterocycles. The second-order valence-corrected chi connectivity index (χ2v) is 7.84. The molecule has 0 radical (unpaired) electrons. The lowest BCUT2D eigenvalue weighted by molar-refractivity contribution is 0.292. The molecule has 0 spiro atoms. The second-order valence-electron chi connectivity index (χ2n) is 4.34. The van der Waals surface area contributed by atoms with E-state index in [0.717, 1.165) is 18.2 Å². The summed E-state index contributed by atoms with van der Waals surface area (Å²) in [6, 6.07) is 1.60. The van der Waals surface area contributed by atoms with Gasteiger partial charge in [0.15, 0.2) is 0 Å². The molecule has 1 aromatic rings. The van der Waals surface area contributed by atoms with E-state index in [-0.39, 0.29) is 4.90 Å². The van der Waals surface area contributed by atoms with Gasteiger partial charge in [0.2, 0.25) is 10.0 Å². The first-order chi connectivity index (χ1) is 8.54.